The Morgan fingerprint density at radius 2 is 2.36 bits per heavy atom. The van der Waals surface area contributed by atoms with E-state index in [1.807, 2.05) is 6.92 Å². The Hall–Kier alpha value is -0.570. The lowest BCUT2D eigenvalue weighted by atomic mass is 10.2. The SMILES string of the molecule is CC(N)CC(=O)NC1CC1C. The van der Waals surface area contributed by atoms with Gasteiger partial charge in [0.2, 0.25) is 5.91 Å². The maximum absolute atomic E-state index is 11.1. The van der Waals surface area contributed by atoms with Crippen molar-refractivity contribution >= 4 is 5.91 Å². The highest BCUT2D eigenvalue weighted by Crippen LogP contribution is 2.28. The molecule has 0 aromatic rings. The molecule has 3 N–H and O–H groups in total. The fraction of sp³-hybridized carbons (Fsp3) is 0.875. The molecular formula is C8H16N2O. The quantitative estimate of drug-likeness (QED) is 0.615. The van der Waals surface area contributed by atoms with Gasteiger partial charge in [-0.1, -0.05) is 6.92 Å². The Labute approximate surface area is 67.3 Å². The molecule has 11 heavy (non-hydrogen) atoms. The van der Waals surface area contributed by atoms with E-state index in [0.717, 1.165) is 6.42 Å². The average Bonchev–Trinajstić information content (AvgIpc) is 2.43. The summed E-state index contributed by atoms with van der Waals surface area (Å²) < 4.78 is 0. The lowest BCUT2D eigenvalue weighted by Gasteiger charge is -2.05. The number of hydrogen-bond donors (Lipinski definition) is 2. The molecular weight excluding hydrogens is 140 g/mol. The van der Waals surface area contributed by atoms with Crippen LogP contribution in [0, 0.1) is 5.92 Å². The van der Waals surface area contributed by atoms with E-state index >= 15 is 0 Å². The third-order valence-electron chi connectivity index (χ3n) is 1.96. The molecule has 0 radical (unpaired) electrons. The molecule has 3 nitrogen and oxygen atoms in total. The lowest BCUT2D eigenvalue weighted by Crippen LogP contribution is -2.31. The predicted octanol–water partition coefficient (Wildman–Crippen LogP) is 0.248. The molecule has 1 aliphatic carbocycles. The van der Waals surface area contributed by atoms with Gasteiger partial charge in [0.1, 0.15) is 0 Å². The van der Waals surface area contributed by atoms with Gasteiger partial charge in [-0.05, 0) is 19.3 Å². The summed E-state index contributed by atoms with van der Waals surface area (Å²) in [5, 5.41) is 2.92. The van der Waals surface area contributed by atoms with Crippen LogP contribution >= 0.6 is 0 Å². The second-order valence-corrected chi connectivity index (χ2v) is 3.57. The molecule has 0 aliphatic heterocycles. The van der Waals surface area contributed by atoms with Crippen molar-refractivity contribution in [1.29, 1.82) is 0 Å². The topological polar surface area (TPSA) is 55.1 Å². The van der Waals surface area contributed by atoms with Crippen molar-refractivity contribution in [3.8, 4) is 0 Å². The number of amides is 1. The molecule has 0 saturated heterocycles. The number of rotatable bonds is 3. The minimum absolute atomic E-state index is 0.0240. The first kappa shape index (κ1) is 8.53. The normalized spacial score (nSPS) is 31.2. The summed E-state index contributed by atoms with van der Waals surface area (Å²) in [6.07, 6.45) is 1.58. The van der Waals surface area contributed by atoms with E-state index in [1.54, 1.807) is 0 Å². The van der Waals surface area contributed by atoms with Gasteiger partial charge < -0.3 is 11.1 Å². The molecule has 3 unspecified atom stereocenters. The van der Waals surface area contributed by atoms with Crippen molar-refractivity contribution in [2.24, 2.45) is 11.7 Å². The van der Waals surface area contributed by atoms with Crippen LogP contribution in [0.5, 0.6) is 0 Å². The van der Waals surface area contributed by atoms with E-state index in [2.05, 4.69) is 12.2 Å². The predicted molar refractivity (Wildman–Crippen MR) is 44.0 cm³/mol. The van der Waals surface area contributed by atoms with Crippen molar-refractivity contribution in [2.45, 2.75) is 38.8 Å². The Morgan fingerprint density at radius 1 is 1.82 bits per heavy atom. The molecule has 1 fully saturated rings. The zero-order valence-corrected chi connectivity index (χ0v) is 7.13. The van der Waals surface area contributed by atoms with E-state index in [9.17, 15) is 4.79 Å². The summed E-state index contributed by atoms with van der Waals surface area (Å²) in [6.45, 7) is 3.98. The summed E-state index contributed by atoms with van der Waals surface area (Å²) in [5.41, 5.74) is 5.46. The monoisotopic (exact) mass is 156 g/mol. The molecule has 0 aromatic carbocycles. The number of nitrogens with two attached hydrogens (primary N) is 1. The third kappa shape index (κ3) is 2.89. The standard InChI is InChI=1S/C8H16N2O/c1-5-3-7(5)10-8(11)4-6(2)9/h5-7H,3-4,9H2,1-2H3,(H,10,11). The second kappa shape index (κ2) is 3.22. The number of hydrogen-bond acceptors (Lipinski definition) is 2. The molecule has 1 aliphatic rings. The van der Waals surface area contributed by atoms with Crippen molar-refractivity contribution in [2.75, 3.05) is 0 Å². The molecule has 3 heteroatoms. The maximum Gasteiger partial charge on any atom is 0.221 e. The second-order valence-electron chi connectivity index (χ2n) is 3.57. The van der Waals surface area contributed by atoms with Gasteiger partial charge in [0, 0.05) is 18.5 Å². The minimum atomic E-state index is -0.0240. The van der Waals surface area contributed by atoms with Gasteiger partial charge in [0.25, 0.3) is 0 Å². The minimum Gasteiger partial charge on any atom is -0.353 e. The average molecular weight is 156 g/mol. The molecule has 1 rings (SSSR count). The van der Waals surface area contributed by atoms with Crippen LogP contribution in [0.1, 0.15) is 26.7 Å². The van der Waals surface area contributed by atoms with E-state index in [0.29, 0.717) is 18.4 Å². The first-order valence-electron chi connectivity index (χ1n) is 4.14. The largest absolute Gasteiger partial charge is 0.353 e. The van der Waals surface area contributed by atoms with Gasteiger partial charge in [-0.15, -0.1) is 0 Å². The molecule has 3 atom stereocenters. The summed E-state index contributed by atoms with van der Waals surface area (Å²) in [5.74, 6) is 0.765. The van der Waals surface area contributed by atoms with Crippen LogP contribution in [-0.2, 0) is 4.79 Å². The highest BCUT2D eigenvalue weighted by atomic mass is 16.1. The molecule has 0 aromatic heterocycles. The summed E-state index contributed by atoms with van der Waals surface area (Å²) in [4.78, 5) is 11.1. The first-order valence-corrected chi connectivity index (χ1v) is 4.14. The summed E-state index contributed by atoms with van der Waals surface area (Å²) in [7, 11) is 0. The van der Waals surface area contributed by atoms with Gasteiger partial charge in [-0.3, -0.25) is 4.79 Å². The Balaban J connectivity index is 2.11. The Morgan fingerprint density at radius 3 is 2.73 bits per heavy atom. The maximum atomic E-state index is 11.1. The number of carbonyl (C=O) groups is 1. The van der Waals surface area contributed by atoms with E-state index in [1.165, 1.54) is 0 Å². The van der Waals surface area contributed by atoms with Gasteiger partial charge in [-0.25, -0.2) is 0 Å². The van der Waals surface area contributed by atoms with Gasteiger partial charge in [-0.2, -0.15) is 0 Å². The lowest BCUT2D eigenvalue weighted by molar-refractivity contribution is -0.121. The molecule has 0 heterocycles. The van der Waals surface area contributed by atoms with Crippen LogP contribution in [0.4, 0.5) is 0 Å². The van der Waals surface area contributed by atoms with Crippen LogP contribution in [-0.4, -0.2) is 18.0 Å². The smallest absolute Gasteiger partial charge is 0.221 e. The zero-order chi connectivity index (χ0) is 8.43. The van der Waals surface area contributed by atoms with Crippen LogP contribution in [0.2, 0.25) is 0 Å². The van der Waals surface area contributed by atoms with Crippen LogP contribution in [0.15, 0.2) is 0 Å². The van der Waals surface area contributed by atoms with Crippen molar-refractivity contribution in [3.63, 3.8) is 0 Å². The first-order chi connectivity index (χ1) is 5.09. The molecule has 1 saturated carbocycles. The van der Waals surface area contributed by atoms with Crippen molar-refractivity contribution in [1.82, 2.24) is 5.32 Å². The molecule has 1 amide bonds. The van der Waals surface area contributed by atoms with Crippen LogP contribution in [0.3, 0.4) is 0 Å². The van der Waals surface area contributed by atoms with Gasteiger partial charge in [0.05, 0.1) is 0 Å². The highest BCUT2D eigenvalue weighted by Gasteiger charge is 2.33. The number of nitrogens with one attached hydrogen (secondary N) is 1. The van der Waals surface area contributed by atoms with Gasteiger partial charge >= 0.3 is 0 Å². The Kier molecular flexibility index (Phi) is 2.49. The Bertz CT molecular complexity index is 156. The molecule has 0 bridgehead atoms. The highest BCUT2D eigenvalue weighted by molar-refractivity contribution is 5.77. The van der Waals surface area contributed by atoms with Gasteiger partial charge in [0.15, 0.2) is 0 Å². The zero-order valence-electron chi connectivity index (χ0n) is 7.13. The third-order valence-corrected chi connectivity index (χ3v) is 1.96. The van der Waals surface area contributed by atoms with Crippen molar-refractivity contribution < 1.29 is 4.79 Å². The summed E-state index contributed by atoms with van der Waals surface area (Å²) >= 11 is 0. The fourth-order valence-electron chi connectivity index (χ4n) is 1.08. The van der Waals surface area contributed by atoms with E-state index in [4.69, 9.17) is 5.73 Å². The van der Waals surface area contributed by atoms with Crippen LogP contribution in [0.25, 0.3) is 0 Å². The number of carbonyl (C=O) groups excluding carboxylic acids is 1. The van der Waals surface area contributed by atoms with E-state index in [-0.39, 0.29) is 11.9 Å². The molecule has 0 spiro atoms. The molecule has 64 valence electrons. The fourth-order valence-corrected chi connectivity index (χ4v) is 1.08. The van der Waals surface area contributed by atoms with Crippen LogP contribution < -0.4 is 11.1 Å². The summed E-state index contributed by atoms with van der Waals surface area (Å²) in [6, 6.07) is 0.408. The van der Waals surface area contributed by atoms with E-state index < -0.39 is 0 Å². The van der Waals surface area contributed by atoms with Crippen molar-refractivity contribution in [3.05, 3.63) is 0 Å².